The molecule has 0 bridgehead atoms. The van der Waals surface area contributed by atoms with E-state index in [0.29, 0.717) is 25.9 Å². The van der Waals surface area contributed by atoms with Crippen molar-refractivity contribution in [3.8, 4) is 0 Å². The lowest BCUT2D eigenvalue weighted by atomic mass is 10.0. The number of carbonyl (C=O) groups is 2. The molecule has 0 radical (unpaired) electrons. The van der Waals surface area contributed by atoms with Crippen molar-refractivity contribution in [2.24, 2.45) is 0 Å². The minimum atomic E-state index is -0.660. The molecule has 364 valence electrons. The zero-order chi connectivity index (χ0) is 44.4. The van der Waals surface area contributed by atoms with Crippen LogP contribution >= 0.6 is 0 Å². The molecule has 3 N–H and O–H groups in total. The first-order chi connectivity index (χ1) is 30.0. The van der Waals surface area contributed by atoms with Crippen LogP contribution in [0.25, 0.3) is 0 Å². The molecule has 0 aliphatic heterocycles. The Morgan fingerprint density at radius 3 is 1.00 bits per heavy atom. The number of nitrogens with one attached hydrogen (secondary N) is 1. The van der Waals surface area contributed by atoms with Crippen molar-refractivity contribution in [1.29, 1.82) is 0 Å². The third-order valence-electron chi connectivity index (χ3n) is 13.2. The molecule has 0 fully saturated rings. The lowest BCUT2D eigenvalue weighted by Gasteiger charge is -2.22. The van der Waals surface area contributed by atoms with E-state index in [0.717, 1.165) is 38.5 Å². The smallest absolute Gasteiger partial charge is 0.305 e. The Morgan fingerprint density at radius 1 is 0.393 bits per heavy atom. The van der Waals surface area contributed by atoms with Crippen LogP contribution in [0.1, 0.15) is 316 Å². The molecule has 2 unspecified atom stereocenters. The van der Waals surface area contributed by atoms with E-state index >= 15 is 0 Å². The van der Waals surface area contributed by atoms with E-state index in [1.54, 1.807) is 0 Å². The van der Waals surface area contributed by atoms with E-state index < -0.39 is 12.1 Å². The van der Waals surface area contributed by atoms with Crippen molar-refractivity contribution in [2.75, 3.05) is 13.2 Å². The Balaban J connectivity index is 3.33. The van der Waals surface area contributed by atoms with Gasteiger partial charge in [-0.15, -0.1) is 0 Å². The summed E-state index contributed by atoms with van der Waals surface area (Å²) in [5.74, 6) is -0.0210. The molecule has 0 aliphatic carbocycles. The fourth-order valence-electron chi connectivity index (χ4n) is 8.88. The van der Waals surface area contributed by atoms with E-state index in [2.05, 4.69) is 19.2 Å². The van der Waals surface area contributed by atoms with Crippen molar-refractivity contribution >= 4 is 11.9 Å². The number of unbranched alkanes of at least 4 members (excludes halogenated alkanes) is 41. The maximum Gasteiger partial charge on any atom is 0.305 e. The summed E-state index contributed by atoms with van der Waals surface area (Å²) in [6.07, 6.45) is 58.1. The number of hydrogen-bond donors (Lipinski definition) is 3. The van der Waals surface area contributed by atoms with Gasteiger partial charge in [0, 0.05) is 12.8 Å². The molecule has 61 heavy (non-hydrogen) atoms. The van der Waals surface area contributed by atoms with Crippen LogP contribution in [0, 0.1) is 0 Å². The summed E-state index contributed by atoms with van der Waals surface area (Å²) in [6, 6.07) is -0.538. The van der Waals surface area contributed by atoms with Gasteiger partial charge in [0.2, 0.25) is 5.91 Å². The maximum absolute atomic E-state index is 12.4. The minimum Gasteiger partial charge on any atom is -0.466 e. The third-order valence-corrected chi connectivity index (χ3v) is 13.2. The largest absolute Gasteiger partial charge is 0.466 e. The molecular formula is C55H109NO5. The van der Waals surface area contributed by atoms with Gasteiger partial charge >= 0.3 is 5.97 Å². The van der Waals surface area contributed by atoms with Crippen molar-refractivity contribution in [3.63, 3.8) is 0 Å². The molecule has 0 heterocycles. The summed E-state index contributed by atoms with van der Waals surface area (Å²) in [7, 11) is 0. The molecule has 2 atom stereocenters. The van der Waals surface area contributed by atoms with E-state index in [9.17, 15) is 19.8 Å². The molecule has 0 saturated heterocycles. The lowest BCUT2D eigenvalue weighted by Crippen LogP contribution is -2.45. The number of carbonyl (C=O) groups excluding carboxylic acids is 2. The second-order valence-corrected chi connectivity index (χ2v) is 19.3. The van der Waals surface area contributed by atoms with Gasteiger partial charge in [-0.05, 0) is 25.7 Å². The first-order valence-corrected chi connectivity index (χ1v) is 27.8. The first-order valence-electron chi connectivity index (χ1n) is 27.8. The Hall–Kier alpha value is -1.14. The number of aliphatic hydroxyl groups excluding tert-OH is 2. The van der Waals surface area contributed by atoms with Crippen LogP contribution in [0.4, 0.5) is 0 Å². The Kier molecular flexibility index (Phi) is 50.5. The highest BCUT2D eigenvalue weighted by Gasteiger charge is 2.20. The molecule has 0 aliphatic rings. The predicted molar refractivity (Wildman–Crippen MR) is 264 cm³/mol. The Bertz CT molecular complexity index is 867. The van der Waals surface area contributed by atoms with Crippen LogP contribution in [0.3, 0.4) is 0 Å². The zero-order valence-electron chi connectivity index (χ0n) is 41.4. The Morgan fingerprint density at radius 2 is 0.672 bits per heavy atom. The first kappa shape index (κ1) is 59.9. The van der Waals surface area contributed by atoms with Gasteiger partial charge in [-0.25, -0.2) is 0 Å². The van der Waals surface area contributed by atoms with Crippen molar-refractivity contribution in [3.05, 3.63) is 0 Å². The molecule has 0 aromatic rings. The fraction of sp³-hybridized carbons (Fsp3) is 0.964. The SMILES string of the molecule is CCCCCCCCCCCCCCCC(=O)OCCCCCCCCCCCCCCCCCCCCCCCCC(=O)NC(CO)C(O)CCCCCCCCCCC. The normalized spacial score (nSPS) is 12.5. The van der Waals surface area contributed by atoms with Gasteiger partial charge < -0.3 is 20.3 Å². The van der Waals surface area contributed by atoms with Gasteiger partial charge in [0.1, 0.15) is 0 Å². The van der Waals surface area contributed by atoms with E-state index in [1.165, 1.54) is 244 Å². The van der Waals surface area contributed by atoms with Crippen LogP contribution in [-0.4, -0.2) is 47.4 Å². The number of hydrogen-bond acceptors (Lipinski definition) is 5. The van der Waals surface area contributed by atoms with Gasteiger partial charge in [0.15, 0.2) is 0 Å². The van der Waals surface area contributed by atoms with Crippen LogP contribution in [0.2, 0.25) is 0 Å². The van der Waals surface area contributed by atoms with Gasteiger partial charge in [-0.1, -0.05) is 277 Å². The highest BCUT2D eigenvalue weighted by molar-refractivity contribution is 5.76. The molecule has 6 heteroatoms. The quantitative estimate of drug-likeness (QED) is 0.0418. The summed E-state index contributed by atoms with van der Waals surface area (Å²) < 4.78 is 5.47. The summed E-state index contributed by atoms with van der Waals surface area (Å²) in [5.41, 5.74) is 0. The minimum absolute atomic E-state index is 0.0152. The van der Waals surface area contributed by atoms with Crippen LogP contribution in [0.5, 0.6) is 0 Å². The summed E-state index contributed by atoms with van der Waals surface area (Å²) in [4.78, 5) is 24.4. The third kappa shape index (κ3) is 48.2. The molecular weight excluding hydrogens is 755 g/mol. The monoisotopic (exact) mass is 864 g/mol. The van der Waals surface area contributed by atoms with Gasteiger partial charge in [0.05, 0.1) is 25.4 Å². The average Bonchev–Trinajstić information content (AvgIpc) is 3.26. The topological polar surface area (TPSA) is 95.9 Å². The fourth-order valence-corrected chi connectivity index (χ4v) is 8.88. The molecule has 6 nitrogen and oxygen atoms in total. The second kappa shape index (κ2) is 51.5. The zero-order valence-corrected chi connectivity index (χ0v) is 41.4. The summed E-state index contributed by atoms with van der Waals surface area (Å²) >= 11 is 0. The molecule has 0 saturated carbocycles. The number of ether oxygens (including phenoxy) is 1. The molecule has 0 rings (SSSR count). The summed E-state index contributed by atoms with van der Waals surface area (Å²) in [5, 5.41) is 23.1. The van der Waals surface area contributed by atoms with Crippen LogP contribution < -0.4 is 5.32 Å². The van der Waals surface area contributed by atoms with Gasteiger partial charge in [-0.2, -0.15) is 0 Å². The van der Waals surface area contributed by atoms with Crippen molar-refractivity contribution in [1.82, 2.24) is 5.32 Å². The Labute approximate surface area is 381 Å². The average molecular weight is 864 g/mol. The van der Waals surface area contributed by atoms with E-state index in [1.807, 2.05) is 0 Å². The maximum atomic E-state index is 12.4. The lowest BCUT2D eigenvalue weighted by molar-refractivity contribution is -0.143. The second-order valence-electron chi connectivity index (χ2n) is 19.3. The number of aliphatic hydroxyl groups is 2. The van der Waals surface area contributed by atoms with E-state index in [-0.39, 0.29) is 18.5 Å². The summed E-state index contributed by atoms with van der Waals surface area (Å²) in [6.45, 7) is 4.95. The van der Waals surface area contributed by atoms with Crippen LogP contribution in [0.15, 0.2) is 0 Å². The van der Waals surface area contributed by atoms with Crippen LogP contribution in [-0.2, 0) is 14.3 Å². The highest BCUT2D eigenvalue weighted by atomic mass is 16.5. The molecule has 0 aromatic carbocycles. The van der Waals surface area contributed by atoms with Crippen molar-refractivity contribution < 1.29 is 24.5 Å². The molecule has 1 amide bonds. The van der Waals surface area contributed by atoms with E-state index in [4.69, 9.17) is 4.74 Å². The number of rotatable bonds is 52. The van der Waals surface area contributed by atoms with Gasteiger partial charge in [0.25, 0.3) is 0 Å². The molecule has 0 spiro atoms. The molecule has 0 aromatic heterocycles. The van der Waals surface area contributed by atoms with Crippen molar-refractivity contribution in [2.45, 2.75) is 328 Å². The predicted octanol–water partition coefficient (Wildman–Crippen LogP) is 16.7. The highest BCUT2D eigenvalue weighted by Crippen LogP contribution is 2.18. The number of amides is 1. The van der Waals surface area contributed by atoms with Gasteiger partial charge in [-0.3, -0.25) is 9.59 Å². The number of esters is 1. The standard InChI is InChI=1S/C55H109NO5/c1-3-5-7-9-11-13-14-25-29-33-37-41-45-49-55(60)61-50-46-42-38-34-30-27-24-22-20-18-16-15-17-19-21-23-26-28-32-36-40-44-48-54(59)56-52(51-57)53(58)47-43-39-35-31-12-10-8-6-4-2/h52-53,57-58H,3-51H2,1-2H3,(H,56,59).